The minimum Gasteiger partial charge on any atom is -0.339 e. The molecule has 3 amide bonds. The Morgan fingerprint density at radius 2 is 1.61 bits per heavy atom. The molecule has 1 atom stereocenters. The minimum atomic E-state index is -0.765. The molecule has 1 aromatic rings. The van der Waals surface area contributed by atoms with Crippen LogP contribution in [-0.2, 0) is 14.4 Å². The molecule has 1 fully saturated rings. The Morgan fingerprint density at radius 3 is 2.18 bits per heavy atom. The number of Topliss-reactive ketones (excluding diaryl/α,β-unsaturated/α-hetero) is 1. The highest BCUT2D eigenvalue weighted by Crippen LogP contribution is 2.16. The maximum absolute atomic E-state index is 13.0. The first-order valence-electron chi connectivity index (χ1n) is 12.3. The number of likely N-dealkylation sites (N-methyl/N-ethyl adjacent to an activating group) is 1. The lowest BCUT2D eigenvalue weighted by molar-refractivity contribution is -0.902. The summed E-state index contributed by atoms with van der Waals surface area (Å²) in [5, 5.41) is 2.86. The van der Waals surface area contributed by atoms with Crippen LogP contribution in [0.3, 0.4) is 0 Å². The molecule has 0 aromatic heterocycles. The largest absolute Gasteiger partial charge is 0.339 e. The molecule has 1 aromatic carbocycles. The van der Waals surface area contributed by atoms with Crippen molar-refractivity contribution < 1.29 is 23.7 Å². The third-order valence-electron chi connectivity index (χ3n) is 6.37. The zero-order valence-corrected chi connectivity index (χ0v) is 20.5. The first-order valence-corrected chi connectivity index (χ1v) is 12.3. The fourth-order valence-electron chi connectivity index (χ4n) is 4.34. The molecule has 0 spiro atoms. The van der Waals surface area contributed by atoms with Crippen molar-refractivity contribution in [3.63, 3.8) is 0 Å². The number of rotatable bonds is 14. The summed E-state index contributed by atoms with van der Waals surface area (Å²) < 4.78 is 0.655. The van der Waals surface area contributed by atoms with E-state index in [-0.39, 0.29) is 37.0 Å². The normalized spacial score (nSPS) is 16.7. The lowest BCUT2D eigenvalue weighted by Gasteiger charge is -2.35. The summed E-state index contributed by atoms with van der Waals surface area (Å²) in [6, 6.07) is 7.85. The summed E-state index contributed by atoms with van der Waals surface area (Å²) in [7, 11) is 2.11. The fourth-order valence-corrected chi connectivity index (χ4v) is 4.34. The van der Waals surface area contributed by atoms with Gasteiger partial charge in [0.05, 0.1) is 26.7 Å². The number of unbranched alkanes of at least 4 members (excludes halogenated alkanes) is 4. The maximum Gasteiger partial charge on any atom is 0.275 e. The van der Waals surface area contributed by atoms with E-state index in [1.165, 1.54) is 0 Å². The minimum absolute atomic E-state index is 0.137. The molecule has 182 valence electrons. The van der Waals surface area contributed by atoms with Crippen molar-refractivity contribution in [2.24, 2.45) is 0 Å². The van der Waals surface area contributed by atoms with Crippen molar-refractivity contribution >= 4 is 23.5 Å². The smallest absolute Gasteiger partial charge is 0.275 e. The van der Waals surface area contributed by atoms with Crippen LogP contribution in [0.4, 0.5) is 0 Å². The van der Waals surface area contributed by atoms with Crippen molar-refractivity contribution in [1.29, 1.82) is 0 Å². The molecule has 7 nitrogen and oxygen atoms in total. The third-order valence-corrected chi connectivity index (χ3v) is 6.37. The number of nitrogens with zero attached hydrogens (tertiary/aromatic N) is 2. The van der Waals surface area contributed by atoms with Gasteiger partial charge in [0.1, 0.15) is 6.04 Å². The second kappa shape index (κ2) is 13.2. The number of piperidine rings is 1. The summed E-state index contributed by atoms with van der Waals surface area (Å²) in [5.41, 5.74) is 0.455. The Morgan fingerprint density at radius 1 is 1.00 bits per heavy atom. The van der Waals surface area contributed by atoms with Gasteiger partial charge in [-0.3, -0.25) is 24.1 Å². The summed E-state index contributed by atoms with van der Waals surface area (Å²) >= 11 is 0. The predicted molar refractivity (Wildman–Crippen MR) is 128 cm³/mol. The Bertz CT molecular complexity index is 799. The van der Waals surface area contributed by atoms with Crippen LogP contribution in [0.2, 0.25) is 0 Å². The van der Waals surface area contributed by atoms with E-state index in [2.05, 4.69) is 26.2 Å². The van der Waals surface area contributed by atoms with Crippen molar-refractivity contribution in [3.05, 3.63) is 35.9 Å². The van der Waals surface area contributed by atoms with Crippen molar-refractivity contribution in [1.82, 2.24) is 10.2 Å². The SMILES string of the molecule is CCCCC[N+](C)(CCCCC)CC(=O)NC1CCC(=O)N(CC(=O)c2ccccc2)C1=O. The molecule has 0 saturated carbocycles. The Kier molecular flexibility index (Phi) is 10.7. The van der Waals surface area contributed by atoms with E-state index in [4.69, 9.17) is 0 Å². The fraction of sp³-hybridized carbons (Fsp3) is 0.615. The molecular weight excluding hydrogens is 418 g/mol. The van der Waals surface area contributed by atoms with E-state index in [0.717, 1.165) is 56.5 Å². The highest BCUT2D eigenvalue weighted by atomic mass is 16.2. The number of quaternary nitrogens is 1. The first kappa shape index (κ1) is 26.7. The number of hydrogen-bond donors (Lipinski definition) is 1. The molecule has 33 heavy (non-hydrogen) atoms. The Balaban J connectivity index is 1.99. The van der Waals surface area contributed by atoms with Gasteiger partial charge in [-0.1, -0.05) is 57.0 Å². The molecule has 0 bridgehead atoms. The number of nitrogens with one attached hydrogen (secondary N) is 1. The van der Waals surface area contributed by atoms with Crippen LogP contribution >= 0.6 is 0 Å². The van der Waals surface area contributed by atoms with Gasteiger partial charge in [-0.25, -0.2) is 0 Å². The van der Waals surface area contributed by atoms with Crippen LogP contribution in [0, 0.1) is 0 Å². The van der Waals surface area contributed by atoms with Crippen molar-refractivity contribution in [3.8, 4) is 0 Å². The summed E-state index contributed by atoms with van der Waals surface area (Å²) in [5.74, 6) is -1.32. The number of hydrogen-bond acceptors (Lipinski definition) is 4. The van der Waals surface area contributed by atoms with E-state index >= 15 is 0 Å². The molecule has 2 rings (SSSR count). The van der Waals surface area contributed by atoms with Crippen molar-refractivity contribution in [2.75, 3.05) is 33.2 Å². The molecule has 1 aliphatic rings. The number of ketones is 1. The standard InChI is InChI=1S/C26H39N3O4/c1-4-6-11-17-29(3,18-12-7-5-2)20-24(31)27-22-15-16-25(32)28(26(22)33)19-23(30)21-13-9-8-10-14-21/h8-10,13-14,22H,4-7,11-12,15-20H2,1-3H3/p+1. The molecule has 1 saturated heterocycles. The van der Waals surface area contributed by atoms with Crippen LogP contribution in [0.25, 0.3) is 0 Å². The lowest BCUT2D eigenvalue weighted by Crippen LogP contribution is -2.58. The second-order valence-electron chi connectivity index (χ2n) is 9.41. The van der Waals surface area contributed by atoms with E-state index in [1.54, 1.807) is 30.3 Å². The Labute approximate surface area is 198 Å². The van der Waals surface area contributed by atoms with E-state index < -0.39 is 11.9 Å². The summed E-state index contributed by atoms with van der Waals surface area (Å²) in [4.78, 5) is 51.8. The van der Waals surface area contributed by atoms with Crippen LogP contribution in [0.1, 0.15) is 75.6 Å². The van der Waals surface area contributed by atoms with Gasteiger partial charge >= 0.3 is 0 Å². The lowest BCUT2D eigenvalue weighted by atomic mass is 10.0. The molecule has 1 aliphatic heterocycles. The van der Waals surface area contributed by atoms with Crippen molar-refractivity contribution in [2.45, 2.75) is 71.3 Å². The number of amides is 3. The maximum atomic E-state index is 13.0. The van der Waals surface area contributed by atoms with E-state index in [9.17, 15) is 19.2 Å². The molecule has 1 N–H and O–H groups in total. The van der Waals surface area contributed by atoms with Gasteiger partial charge in [-0.2, -0.15) is 0 Å². The van der Waals surface area contributed by atoms with Crippen LogP contribution < -0.4 is 5.32 Å². The molecule has 1 heterocycles. The monoisotopic (exact) mass is 458 g/mol. The molecular formula is C26H40N3O4+. The van der Waals surface area contributed by atoms with Crippen LogP contribution in [-0.4, -0.2) is 72.2 Å². The van der Waals surface area contributed by atoms with Gasteiger partial charge in [0.15, 0.2) is 12.3 Å². The average molecular weight is 459 g/mol. The van der Waals surface area contributed by atoms with E-state index in [1.807, 2.05) is 0 Å². The topological polar surface area (TPSA) is 83.6 Å². The van der Waals surface area contributed by atoms with Gasteiger partial charge < -0.3 is 9.80 Å². The summed E-state index contributed by atoms with van der Waals surface area (Å²) in [6.07, 6.45) is 7.07. The number of likely N-dealkylation sites (tertiary alicyclic amines) is 1. The number of imide groups is 1. The predicted octanol–water partition coefficient (Wildman–Crippen LogP) is 3.33. The van der Waals surface area contributed by atoms with Gasteiger partial charge in [0, 0.05) is 12.0 Å². The number of carbonyl (C=O) groups is 4. The highest BCUT2D eigenvalue weighted by molar-refractivity contribution is 6.07. The zero-order chi connectivity index (χ0) is 24.3. The average Bonchev–Trinajstić information content (AvgIpc) is 2.79. The third kappa shape index (κ3) is 8.39. The molecule has 1 unspecified atom stereocenters. The number of carbonyl (C=O) groups excluding carboxylic acids is 4. The van der Waals surface area contributed by atoms with Gasteiger partial charge in [-0.05, 0) is 32.1 Å². The van der Waals surface area contributed by atoms with Gasteiger partial charge in [0.2, 0.25) is 5.91 Å². The van der Waals surface area contributed by atoms with Gasteiger partial charge in [-0.15, -0.1) is 0 Å². The molecule has 0 aliphatic carbocycles. The highest BCUT2D eigenvalue weighted by Gasteiger charge is 2.37. The molecule has 0 radical (unpaired) electrons. The number of benzene rings is 1. The molecule has 7 heteroatoms. The Hall–Kier alpha value is -2.54. The van der Waals surface area contributed by atoms with Gasteiger partial charge in [0.25, 0.3) is 11.8 Å². The van der Waals surface area contributed by atoms with Crippen LogP contribution in [0.15, 0.2) is 30.3 Å². The first-order chi connectivity index (χ1) is 15.8. The van der Waals surface area contributed by atoms with Crippen LogP contribution in [0.5, 0.6) is 0 Å². The quantitative estimate of drug-likeness (QED) is 0.201. The van der Waals surface area contributed by atoms with E-state index in [0.29, 0.717) is 16.6 Å². The zero-order valence-electron chi connectivity index (χ0n) is 20.5. The second-order valence-corrected chi connectivity index (χ2v) is 9.41. The summed E-state index contributed by atoms with van der Waals surface area (Å²) in [6.45, 7) is 6.21.